The molecule has 1 saturated heterocycles. The molecule has 5 rings (SSSR count). The maximum absolute atomic E-state index is 14.5. The Balaban J connectivity index is 1.28. The van der Waals surface area contributed by atoms with Gasteiger partial charge < -0.3 is 9.72 Å². The van der Waals surface area contributed by atoms with E-state index in [9.17, 15) is 22.8 Å². The number of imide groups is 1. The molecular formula is C24H22F3N3O3. The first kappa shape index (κ1) is 21.7. The zero-order chi connectivity index (χ0) is 23.1. The Labute approximate surface area is 187 Å². The van der Waals surface area contributed by atoms with Gasteiger partial charge in [0, 0.05) is 23.9 Å². The fraction of sp³-hybridized carbons (Fsp3) is 0.333. The number of nitrogens with one attached hydrogen (secondary N) is 3. The SMILES string of the molecule is O=C1CC(COCN[C@H]2C[C@H](c3c(-c4ccc(F)cc4)[nH]c4c(F)cc(F)cc43)C2)C(=O)N1. The molecule has 0 radical (unpaired) electrons. The van der Waals surface area contributed by atoms with Crippen LogP contribution < -0.4 is 10.6 Å². The predicted molar refractivity (Wildman–Crippen MR) is 115 cm³/mol. The molecule has 3 N–H and O–H groups in total. The number of benzene rings is 2. The van der Waals surface area contributed by atoms with Gasteiger partial charge >= 0.3 is 0 Å². The van der Waals surface area contributed by atoms with Gasteiger partial charge in [-0.05, 0) is 60.2 Å². The standard InChI is InChI=1S/C24H22F3N3O3/c25-15-3-1-12(2-4-15)22-21(18-8-16(26)9-19(27)23(18)30-22)13-5-17(6-13)28-11-33-10-14-7-20(31)29-24(14)32/h1-4,8-9,13-14,17,28,30H,5-7,10-11H2,(H,29,31,32)/t13-,14?,17-. The summed E-state index contributed by atoms with van der Waals surface area (Å²) in [7, 11) is 0. The van der Waals surface area contributed by atoms with Gasteiger partial charge in [0.25, 0.3) is 0 Å². The fourth-order valence-corrected chi connectivity index (χ4v) is 4.65. The van der Waals surface area contributed by atoms with Crippen LogP contribution in [0.2, 0.25) is 0 Å². The summed E-state index contributed by atoms with van der Waals surface area (Å²) in [6, 6.07) is 8.21. The molecule has 1 unspecified atom stereocenters. The van der Waals surface area contributed by atoms with Gasteiger partial charge in [-0.25, -0.2) is 13.2 Å². The third kappa shape index (κ3) is 4.26. The van der Waals surface area contributed by atoms with Crippen molar-refractivity contribution in [3.05, 3.63) is 59.4 Å². The molecule has 1 aromatic heterocycles. The number of carbonyl (C=O) groups is 2. The molecular weight excluding hydrogens is 435 g/mol. The van der Waals surface area contributed by atoms with E-state index in [1.165, 1.54) is 18.2 Å². The van der Waals surface area contributed by atoms with E-state index < -0.39 is 17.6 Å². The van der Waals surface area contributed by atoms with Gasteiger partial charge in [0.15, 0.2) is 0 Å². The van der Waals surface area contributed by atoms with E-state index in [1.54, 1.807) is 12.1 Å². The van der Waals surface area contributed by atoms with Gasteiger partial charge in [-0.1, -0.05) is 0 Å². The highest BCUT2D eigenvalue weighted by Crippen LogP contribution is 2.45. The molecule has 3 aromatic rings. The summed E-state index contributed by atoms with van der Waals surface area (Å²) in [4.78, 5) is 25.9. The van der Waals surface area contributed by atoms with E-state index in [-0.39, 0.29) is 54.9 Å². The van der Waals surface area contributed by atoms with Crippen molar-refractivity contribution in [1.82, 2.24) is 15.6 Å². The van der Waals surface area contributed by atoms with Gasteiger partial charge in [-0.3, -0.25) is 20.2 Å². The molecule has 2 aromatic carbocycles. The lowest BCUT2D eigenvalue weighted by Crippen LogP contribution is -2.41. The zero-order valence-corrected chi connectivity index (χ0v) is 17.6. The molecule has 1 atom stereocenters. The summed E-state index contributed by atoms with van der Waals surface area (Å²) in [5.41, 5.74) is 2.41. The molecule has 0 spiro atoms. The molecule has 33 heavy (non-hydrogen) atoms. The lowest BCUT2D eigenvalue weighted by Gasteiger charge is -2.36. The maximum atomic E-state index is 14.5. The van der Waals surface area contributed by atoms with Crippen molar-refractivity contribution in [1.29, 1.82) is 0 Å². The van der Waals surface area contributed by atoms with Crippen LogP contribution in [-0.4, -0.2) is 36.2 Å². The van der Waals surface area contributed by atoms with E-state index in [0.29, 0.717) is 16.6 Å². The number of halogens is 3. The predicted octanol–water partition coefficient (Wildman–Crippen LogP) is 3.72. The highest BCUT2D eigenvalue weighted by Gasteiger charge is 2.35. The van der Waals surface area contributed by atoms with Crippen LogP contribution in [0.3, 0.4) is 0 Å². The maximum Gasteiger partial charge on any atom is 0.232 e. The van der Waals surface area contributed by atoms with Crippen LogP contribution >= 0.6 is 0 Å². The Morgan fingerprint density at radius 2 is 1.79 bits per heavy atom. The first-order valence-electron chi connectivity index (χ1n) is 10.8. The van der Waals surface area contributed by atoms with E-state index in [1.807, 2.05) is 0 Å². The average Bonchev–Trinajstić information content (AvgIpc) is 3.26. The van der Waals surface area contributed by atoms with Crippen molar-refractivity contribution >= 4 is 22.7 Å². The number of hydrogen-bond acceptors (Lipinski definition) is 4. The van der Waals surface area contributed by atoms with Crippen molar-refractivity contribution in [3.8, 4) is 11.3 Å². The minimum Gasteiger partial charge on any atom is -0.365 e. The van der Waals surface area contributed by atoms with Crippen molar-refractivity contribution in [2.75, 3.05) is 13.3 Å². The van der Waals surface area contributed by atoms with Crippen LogP contribution in [0.1, 0.15) is 30.7 Å². The monoisotopic (exact) mass is 457 g/mol. The highest BCUT2D eigenvalue weighted by molar-refractivity contribution is 6.03. The van der Waals surface area contributed by atoms with Crippen molar-refractivity contribution < 1.29 is 27.5 Å². The summed E-state index contributed by atoms with van der Waals surface area (Å²) in [6.45, 7) is 0.397. The smallest absolute Gasteiger partial charge is 0.232 e. The van der Waals surface area contributed by atoms with E-state index in [2.05, 4.69) is 15.6 Å². The molecule has 1 aliphatic carbocycles. The second-order valence-electron chi connectivity index (χ2n) is 8.63. The number of aromatic amines is 1. The summed E-state index contributed by atoms with van der Waals surface area (Å²) >= 11 is 0. The first-order chi connectivity index (χ1) is 15.9. The first-order valence-corrected chi connectivity index (χ1v) is 10.8. The molecule has 9 heteroatoms. The molecule has 2 fully saturated rings. The molecule has 1 saturated carbocycles. The lowest BCUT2D eigenvalue weighted by molar-refractivity contribution is -0.126. The normalized spacial score (nSPS) is 22.6. The Morgan fingerprint density at radius 3 is 2.48 bits per heavy atom. The van der Waals surface area contributed by atoms with Crippen LogP contribution in [-0.2, 0) is 14.3 Å². The topological polar surface area (TPSA) is 83.2 Å². The molecule has 1 aliphatic heterocycles. The Morgan fingerprint density at radius 1 is 1.03 bits per heavy atom. The fourth-order valence-electron chi connectivity index (χ4n) is 4.65. The van der Waals surface area contributed by atoms with Crippen molar-refractivity contribution in [2.24, 2.45) is 5.92 Å². The second-order valence-corrected chi connectivity index (χ2v) is 8.63. The number of H-pyrrole nitrogens is 1. The van der Waals surface area contributed by atoms with Crippen LogP contribution in [0, 0.1) is 23.4 Å². The minimum absolute atomic E-state index is 0.0516. The molecule has 2 amide bonds. The third-order valence-corrected chi connectivity index (χ3v) is 6.40. The van der Waals surface area contributed by atoms with Crippen LogP contribution in [0.15, 0.2) is 36.4 Å². The van der Waals surface area contributed by atoms with Crippen LogP contribution in [0.5, 0.6) is 0 Å². The van der Waals surface area contributed by atoms with Crippen LogP contribution in [0.4, 0.5) is 13.2 Å². The highest BCUT2D eigenvalue weighted by atomic mass is 19.1. The van der Waals surface area contributed by atoms with Gasteiger partial charge in [-0.2, -0.15) is 0 Å². The van der Waals surface area contributed by atoms with Gasteiger partial charge in [-0.15, -0.1) is 0 Å². The minimum atomic E-state index is -0.670. The molecule has 2 heterocycles. The third-order valence-electron chi connectivity index (χ3n) is 6.40. The Bertz CT molecular complexity index is 1220. The second kappa shape index (κ2) is 8.64. The molecule has 0 bridgehead atoms. The summed E-state index contributed by atoms with van der Waals surface area (Å²) < 4.78 is 47.4. The van der Waals surface area contributed by atoms with E-state index in [4.69, 9.17) is 4.74 Å². The number of ether oxygens (including phenoxy) is 1. The molecule has 6 nitrogen and oxygen atoms in total. The number of hydrogen-bond donors (Lipinski definition) is 3. The lowest BCUT2D eigenvalue weighted by atomic mass is 9.74. The quantitative estimate of drug-likeness (QED) is 0.287. The Hall–Kier alpha value is -3.17. The summed E-state index contributed by atoms with van der Waals surface area (Å²) in [6.07, 6.45) is 1.60. The number of aromatic nitrogens is 1. The number of amides is 2. The number of rotatable bonds is 7. The summed E-state index contributed by atoms with van der Waals surface area (Å²) in [5.74, 6) is -2.69. The van der Waals surface area contributed by atoms with Gasteiger partial charge in [0.1, 0.15) is 17.5 Å². The van der Waals surface area contributed by atoms with Crippen LogP contribution in [0.25, 0.3) is 22.2 Å². The molecule has 2 aliphatic rings. The average molecular weight is 457 g/mol. The van der Waals surface area contributed by atoms with E-state index >= 15 is 0 Å². The number of fused-ring (bicyclic) bond motifs is 1. The Kier molecular flexibility index (Phi) is 5.67. The number of carbonyl (C=O) groups excluding carboxylic acids is 2. The van der Waals surface area contributed by atoms with Crippen molar-refractivity contribution in [2.45, 2.75) is 31.2 Å². The van der Waals surface area contributed by atoms with Gasteiger partial charge in [0.05, 0.1) is 30.5 Å². The molecule has 172 valence electrons. The largest absolute Gasteiger partial charge is 0.365 e. The van der Waals surface area contributed by atoms with E-state index in [0.717, 1.165) is 24.5 Å². The zero-order valence-electron chi connectivity index (χ0n) is 17.6. The van der Waals surface area contributed by atoms with Gasteiger partial charge in [0.2, 0.25) is 11.8 Å². The summed E-state index contributed by atoms with van der Waals surface area (Å²) in [5, 5.41) is 5.99. The van der Waals surface area contributed by atoms with Crippen molar-refractivity contribution in [3.63, 3.8) is 0 Å².